The van der Waals surface area contributed by atoms with Crippen molar-refractivity contribution in [1.29, 1.82) is 0 Å². The van der Waals surface area contributed by atoms with E-state index in [0.717, 1.165) is 11.1 Å². The van der Waals surface area contributed by atoms with E-state index >= 15 is 0 Å². The van der Waals surface area contributed by atoms with Gasteiger partial charge in [-0.25, -0.2) is 9.18 Å². The van der Waals surface area contributed by atoms with E-state index in [-0.39, 0.29) is 23.3 Å². The first-order valence-corrected chi connectivity index (χ1v) is 10.2. The maximum atomic E-state index is 13.6. The molecule has 3 aromatic carbocycles. The zero-order chi connectivity index (χ0) is 21.7. The summed E-state index contributed by atoms with van der Waals surface area (Å²) in [4.78, 5) is 14.9. The Kier molecular flexibility index (Phi) is 6.56. The lowest BCUT2D eigenvalue weighted by Gasteiger charge is -2.30. The molecule has 1 N–H and O–H groups in total. The van der Waals surface area contributed by atoms with E-state index < -0.39 is 0 Å². The molecule has 3 aromatic rings. The summed E-state index contributed by atoms with van der Waals surface area (Å²) in [5, 5.41) is 2.84. The molecule has 2 amide bonds. The molecule has 3 rings (SSSR count). The van der Waals surface area contributed by atoms with Crippen molar-refractivity contribution in [3.8, 4) is 0 Å². The third-order valence-corrected chi connectivity index (χ3v) is 5.26. The molecule has 0 saturated carbocycles. The average molecular weight is 405 g/mol. The number of halogens is 1. The number of hydrogen-bond acceptors (Lipinski definition) is 1. The summed E-state index contributed by atoms with van der Waals surface area (Å²) in [5.74, 6) is -0.381. The molecule has 0 aromatic heterocycles. The quantitative estimate of drug-likeness (QED) is 0.492. The zero-order valence-corrected chi connectivity index (χ0v) is 18.0. The van der Waals surface area contributed by atoms with Gasteiger partial charge in [0.1, 0.15) is 5.82 Å². The van der Waals surface area contributed by atoms with Crippen LogP contribution in [-0.4, -0.2) is 10.9 Å². The Hall–Kier alpha value is -3.14. The fourth-order valence-electron chi connectivity index (χ4n) is 3.36. The highest BCUT2D eigenvalue weighted by molar-refractivity contribution is 5.89. The van der Waals surface area contributed by atoms with Crippen LogP contribution >= 0.6 is 0 Å². The highest BCUT2D eigenvalue weighted by Crippen LogP contribution is 2.26. The topological polar surface area (TPSA) is 32.3 Å². The van der Waals surface area contributed by atoms with Gasteiger partial charge >= 0.3 is 6.03 Å². The van der Waals surface area contributed by atoms with Gasteiger partial charge in [-0.3, -0.25) is 0 Å². The van der Waals surface area contributed by atoms with Gasteiger partial charge in [0.25, 0.3) is 0 Å². The lowest BCUT2D eigenvalue weighted by atomic mass is 9.86. The number of nitrogens with zero attached hydrogens (tertiary/aromatic N) is 1. The van der Waals surface area contributed by atoms with Gasteiger partial charge in [0.15, 0.2) is 0 Å². The molecule has 1 unspecified atom stereocenters. The predicted molar refractivity (Wildman–Crippen MR) is 121 cm³/mol. The smallest absolute Gasteiger partial charge is 0.313 e. The molecule has 0 fully saturated rings. The van der Waals surface area contributed by atoms with E-state index in [1.54, 1.807) is 17.0 Å². The first-order valence-electron chi connectivity index (χ1n) is 10.2. The first-order chi connectivity index (χ1) is 14.2. The normalized spacial score (nSPS) is 12.3. The number of benzene rings is 3. The Morgan fingerprint density at radius 3 is 2.23 bits per heavy atom. The molecule has 0 aliphatic carbocycles. The number of urea groups is 1. The van der Waals surface area contributed by atoms with Crippen LogP contribution in [0.5, 0.6) is 0 Å². The molecule has 156 valence electrons. The first kappa shape index (κ1) is 21.6. The van der Waals surface area contributed by atoms with Gasteiger partial charge < -0.3 is 10.2 Å². The monoisotopic (exact) mass is 404 g/mol. The van der Waals surface area contributed by atoms with Crippen molar-refractivity contribution in [3.05, 3.63) is 101 Å². The standard InChI is InChI=1S/C26H29FN2O/c1-19(21-9-6-5-7-10-21)29(25(30)28-24-12-8-11-23(27)17-24)18-20-13-15-22(16-14-20)26(2,3)4/h5-17,19H,18H2,1-4H3,(H,28,30). The number of anilines is 1. The van der Waals surface area contributed by atoms with E-state index in [1.807, 2.05) is 37.3 Å². The molecule has 30 heavy (non-hydrogen) atoms. The number of carbonyl (C=O) groups excluding carboxylic acids is 1. The van der Waals surface area contributed by atoms with Crippen molar-refractivity contribution in [3.63, 3.8) is 0 Å². The van der Waals surface area contributed by atoms with Gasteiger partial charge in [0, 0.05) is 12.2 Å². The second kappa shape index (κ2) is 9.12. The average Bonchev–Trinajstić information content (AvgIpc) is 2.72. The van der Waals surface area contributed by atoms with Crippen LogP contribution in [-0.2, 0) is 12.0 Å². The summed E-state index contributed by atoms with van der Waals surface area (Å²) >= 11 is 0. The predicted octanol–water partition coefficient (Wildman–Crippen LogP) is 6.92. The Bertz CT molecular complexity index is 978. The van der Waals surface area contributed by atoms with Gasteiger partial charge in [0.2, 0.25) is 0 Å². The van der Waals surface area contributed by atoms with Crippen LogP contribution in [0, 0.1) is 5.82 Å². The van der Waals surface area contributed by atoms with E-state index in [2.05, 4.69) is 50.4 Å². The second-order valence-corrected chi connectivity index (χ2v) is 8.60. The summed E-state index contributed by atoms with van der Waals surface area (Å²) in [6.07, 6.45) is 0. The van der Waals surface area contributed by atoms with Crippen LogP contribution in [0.25, 0.3) is 0 Å². The maximum Gasteiger partial charge on any atom is 0.322 e. The molecule has 0 radical (unpaired) electrons. The minimum atomic E-state index is -0.381. The summed E-state index contributed by atoms with van der Waals surface area (Å²) in [7, 11) is 0. The van der Waals surface area contributed by atoms with Crippen molar-refractivity contribution in [2.24, 2.45) is 0 Å². The van der Waals surface area contributed by atoms with Crippen LogP contribution in [0.3, 0.4) is 0 Å². The number of amides is 2. The lowest BCUT2D eigenvalue weighted by Crippen LogP contribution is -2.36. The number of nitrogens with one attached hydrogen (secondary N) is 1. The van der Waals surface area contributed by atoms with Gasteiger partial charge in [-0.05, 0) is 47.2 Å². The molecule has 0 aliphatic heterocycles. The molecule has 0 heterocycles. The van der Waals surface area contributed by atoms with Crippen LogP contribution in [0.15, 0.2) is 78.9 Å². The molecule has 0 bridgehead atoms. The highest BCUT2D eigenvalue weighted by atomic mass is 19.1. The Labute approximate surface area is 178 Å². The summed E-state index contributed by atoms with van der Waals surface area (Å²) < 4.78 is 13.6. The lowest BCUT2D eigenvalue weighted by molar-refractivity contribution is 0.189. The molecular weight excluding hydrogens is 375 g/mol. The Morgan fingerprint density at radius 1 is 0.967 bits per heavy atom. The fraction of sp³-hybridized carbons (Fsp3) is 0.269. The summed E-state index contributed by atoms with van der Waals surface area (Å²) in [6, 6.07) is 23.8. The van der Waals surface area contributed by atoms with Gasteiger partial charge in [-0.1, -0.05) is 81.4 Å². The van der Waals surface area contributed by atoms with Crippen molar-refractivity contribution >= 4 is 11.7 Å². The van der Waals surface area contributed by atoms with Gasteiger partial charge in [-0.2, -0.15) is 0 Å². The van der Waals surface area contributed by atoms with Crippen LogP contribution < -0.4 is 5.32 Å². The third-order valence-electron chi connectivity index (χ3n) is 5.26. The Balaban J connectivity index is 1.86. The summed E-state index contributed by atoms with van der Waals surface area (Å²) in [6.45, 7) is 8.99. The highest BCUT2D eigenvalue weighted by Gasteiger charge is 2.22. The Morgan fingerprint density at radius 2 is 1.63 bits per heavy atom. The SMILES string of the molecule is CC(c1ccccc1)N(Cc1ccc(C(C)(C)C)cc1)C(=O)Nc1cccc(F)c1. The molecule has 3 nitrogen and oxygen atoms in total. The van der Waals surface area contributed by atoms with Crippen LogP contribution in [0.1, 0.15) is 50.4 Å². The molecular formula is C26H29FN2O. The minimum absolute atomic E-state index is 0.0737. The molecule has 0 aliphatic rings. The van der Waals surface area contributed by atoms with Gasteiger partial charge in [0.05, 0.1) is 6.04 Å². The van der Waals surface area contributed by atoms with Crippen molar-refractivity contribution in [1.82, 2.24) is 4.90 Å². The minimum Gasteiger partial charge on any atom is -0.313 e. The molecule has 1 atom stereocenters. The largest absolute Gasteiger partial charge is 0.322 e. The molecule has 0 spiro atoms. The van der Waals surface area contributed by atoms with Crippen molar-refractivity contribution in [2.45, 2.75) is 45.7 Å². The van der Waals surface area contributed by atoms with Crippen LogP contribution in [0.4, 0.5) is 14.9 Å². The second-order valence-electron chi connectivity index (χ2n) is 8.60. The molecule has 0 saturated heterocycles. The summed E-state index contributed by atoms with van der Waals surface area (Å²) in [5.41, 5.74) is 3.84. The van der Waals surface area contributed by atoms with Crippen molar-refractivity contribution in [2.75, 3.05) is 5.32 Å². The maximum absolute atomic E-state index is 13.6. The van der Waals surface area contributed by atoms with E-state index in [0.29, 0.717) is 12.2 Å². The van der Waals surface area contributed by atoms with Gasteiger partial charge in [-0.15, -0.1) is 0 Å². The third kappa shape index (κ3) is 5.47. The zero-order valence-electron chi connectivity index (χ0n) is 18.0. The number of carbonyl (C=O) groups is 1. The number of rotatable bonds is 5. The van der Waals surface area contributed by atoms with E-state index in [1.165, 1.54) is 17.7 Å². The molecule has 4 heteroatoms. The van der Waals surface area contributed by atoms with Crippen LogP contribution in [0.2, 0.25) is 0 Å². The van der Waals surface area contributed by atoms with E-state index in [9.17, 15) is 9.18 Å². The van der Waals surface area contributed by atoms with E-state index in [4.69, 9.17) is 0 Å². The van der Waals surface area contributed by atoms with Crippen molar-refractivity contribution < 1.29 is 9.18 Å². The fourth-order valence-corrected chi connectivity index (χ4v) is 3.36. The number of hydrogen-bond donors (Lipinski definition) is 1.